The third-order valence-corrected chi connectivity index (χ3v) is 7.11. The number of morpholine rings is 1. The lowest BCUT2D eigenvalue weighted by atomic mass is 9.96. The van der Waals surface area contributed by atoms with E-state index in [1.54, 1.807) is 4.90 Å². The SMILES string of the molecule is Cc1ccc2c(c1OCC1=CCC(CN3CCOCC3)C=C1)CN(C1CCC(=O)NC1=O)C2=O. The second kappa shape index (κ2) is 9.72. The predicted molar refractivity (Wildman–Crippen MR) is 125 cm³/mol. The van der Waals surface area contributed by atoms with Gasteiger partial charge in [-0.05, 0) is 42.9 Å². The van der Waals surface area contributed by atoms with Gasteiger partial charge in [-0.1, -0.05) is 24.3 Å². The van der Waals surface area contributed by atoms with Crippen LogP contribution >= 0.6 is 0 Å². The van der Waals surface area contributed by atoms with Crippen LogP contribution in [0, 0.1) is 12.8 Å². The fraction of sp³-hybridized carbons (Fsp3) is 0.500. The fourth-order valence-electron chi connectivity index (χ4n) is 5.15. The summed E-state index contributed by atoms with van der Waals surface area (Å²) in [6, 6.07) is 3.07. The summed E-state index contributed by atoms with van der Waals surface area (Å²) in [5, 5.41) is 2.35. The highest BCUT2D eigenvalue weighted by Gasteiger charge is 2.40. The molecule has 3 heterocycles. The molecule has 0 spiro atoms. The quantitative estimate of drug-likeness (QED) is 0.647. The van der Waals surface area contributed by atoms with Crippen molar-refractivity contribution in [1.82, 2.24) is 15.1 Å². The molecule has 0 aromatic heterocycles. The smallest absolute Gasteiger partial charge is 0.255 e. The van der Waals surface area contributed by atoms with Crippen molar-refractivity contribution in [3.63, 3.8) is 0 Å². The third kappa shape index (κ3) is 4.65. The number of imide groups is 1. The molecule has 0 saturated carbocycles. The van der Waals surface area contributed by atoms with Crippen molar-refractivity contribution >= 4 is 17.7 Å². The summed E-state index contributed by atoms with van der Waals surface area (Å²) < 4.78 is 11.7. The molecule has 8 heteroatoms. The Kier molecular flexibility index (Phi) is 6.52. The number of carbonyl (C=O) groups excluding carboxylic acids is 3. The van der Waals surface area contributed by atoms with Crippen molar-refractivity contribution in [2.45, 2.75) is 38.8 Å². The summed E-state index contributed by atoms with van der Waals surface area (Å²) in [4.78, 5) is 40.9. The van der Waals surface area contributed by atoms with E-state index in [-0.39, 0.29) is 18.2 Å². The van der Waals surface area contributed by atoms with Gasteiger partial charge in [0.25, 0.3) is 5.91 Å². The van der Waals surface area contributed by atoms with Crippen LogP contribution in [0.2, 0.25) is 0 Å². The Balaban J connectivity index is 1.23. The van der Waals surface area contributed by atoms with E-state index in [9.17, 15) is 14.4 Å². The zero-order chi connectivity index (χ0) is 23.7. The van der Waals surface area contributed by atoms with Crippen molar-refractivity contribution in [3.8, 4) is 5.75 Å². The zero-order valence-corrected chi connectivity index (χ0v) is 19.5. The molecule has 2 saturated heterocycles. The van der Waals surface area contributed by atoms with Crippen LogP contribution in [0.1, 0.15) is 40.7 Å². The summed E-state index contributed by atoms with van der Waals surface area (Å²) in [5.41, 5.74) is 3.48. The molecule has 2 unspecified atom stereocenters. The van der Waals surface area contributed by atoms with Crippen molar-refractivity contribution in [3.05, 3.63) is 52.6 Å². The van der Waals surface area contributed by atoms with E-state index < -0.39 is 11.9 Å². The summed E-state index contributed by atoms with van der Waals surface area (Å²) >= 11 is 0. The van der Waals surface area contributed by atoms with Gasteiger partial charge in [0.1, 0.15) is 18.4 Å². The lowest BCUT2D eigenvalue weighted by Crippen LogP contribution is -2.52. The van der Waals surface area contributed by atoms with Crippen LogP contribution in [0.5, 0.6) is 5.75 Å². The predicted octanol–water partition coefficient (Wildman–Crippen LogP) is 1.97. The topological polar surface area (TPSA) is 88.2 Å². The molecule has 1 aliphatic carbocycles. The van der Waals surface area contributed by atoms with Crippen molar-refractivity contribution < 1.29 is 23.9 Å². The number of ether oxygens (including phenoxy) is 2. The highest BCUT2D eigenvalue weighted by Crippen LogP contribution is 2.36. The van der Waals surface area contributed by atoms with E-state index in [2.05, 4.69) is 28.4 Å². The molecule has 8 nitrogen and oxygen atoms in total. The standard InChI is InChI=1S/C26H31N3O5/c1-17-2-7-20-21(15-29(26(20)32)22-8-9-23(30)27-25(22)31)24(17)34-16-19-5-3-18(4-6-19)14-28-10-12-33-13-11-28/h2-3,5-7,18,22H,4,8-16H2,1H3,(H,27,30,31). The summed E-state index contributed by atoms with van der Waals surface area (Å²) in [7, 11) is 0. The second-order valence-corrected chi connectivity index (χ2v) is 9.47. The molecule has 34 heavy (non-hydrogen) atoms. The number of hydrogen-bond acceptors (Lipinski definition) is 6. The zero-order valence-electron chi connectivity index (χ0n) is 19.5. The van der Waals surface area contributed by atoms with Gasteiger partial charge in [-0.2, -0.15) is 0 Å². The highest BCUT2D eigenvalue weighted by atomic mass is 16.5. The first-order chi connectivity index (χ1) is 16.5. The van der Waals surface area contributed by atoms with Gasteiger partial charge in [-0.3, -0.25) is 24.6 Å². The number of rotatable bonds is 6. The molecular formula is C26H31N3O5. The summed E-state index contributed by atoms with van der Waals surface area (Å²) in [5.74, 6) is 0.346. The molecule has 1 N–H and O–H groups in total. The number of fused-ring (bicyclic) bond motifs is 1. The molecule has 1 aromatic carbocycles. The van der Waals surface area contributed by atoms with Crippen LogP contribution in [0.4, 0.5) is 0 Å². The first-order valence-electron chi connectivity index (χ1n) is 12.1. The Morgan fingerprint density at radius 3 is 2.74 bits per heavy atom. The molecule has 2 atom stereocenters. The normalized spacial score (nSPS) is 25.3. The Bertz CT molecular complexity index is 1060. The van der Waals surface area contributed by atoms with Gasteiger partial charge in [0, 0.05) is 37.2 Å². The van der Waals surface area contributed by atoms with Gasteiger partial charge in [0.2, 0.25) is 11.8 Å². The van der Waals surface area contributed by atoms with Crippen LogP contribution < -0.4 is 10.1 Å². The van der Waals surface area contributed by atoms with Crippen molar-refractivity contribution in [1.29, 1.82) is 0 Å². The molecule has 0 bridgehead atoms. The van der Waals surface area contributed by atoms with E-state index in [4.69, 9.17) is 9.47 Å². The van der Waals surface area contributed by atoms with Gasteiger partial charge in [0.15, 0.2) is 0 Å². The lowest BCUT2D eigenvalue weighted by Gasteiger charge is -2.30. The number of carbonyl (C=O) groups is 3. The minimum Gasteiger partial charge on any atom is -0.488 e. The van der Waals surface area contributed by atoms with Crippen LogP contribution in [0.25, 0.3) is 0 Å². The van der Waals surface area contributed by atoms with E-state index >= 15 is 0 Å². The van der Waals surface area contributed by atoms with Gasteiger partial charge >= 0.3 is 0 Å². The molecule has 5 rings (SSSR count). The average molecular weight is 466 g/mol. The fourth-order valence-corrected chi connectivity index (χ4v) is 5.15. The number of nitrogens with zero attached hydrogens (tertiary/aromatic N) is 2. The first-order valence-corrected chi connectivity index (χ1v) is 12.1. The number of allylic oxidation sites excluding steroid dienone is 1. The minimum absolute atomic E-state index is 0.183. The molecule has 3 aliphatic heterocycles. The van der Waals surface area contributed by atoms with Gasteiger partial charge < -0.3 is 14.4 Å². The Morgan fingerprint density at radius 2 is 2.00 bits per heavy atom. The molecule has 180 valence electrons. The van der Waals surface area contributed by atoms with Gasteiger partial charge in [-0.25, -0.2) is 0 Å². The Labute approximate surface area is 199 Å². The monoisotopic (exact) mass is 465 g/mol. The Hall–Kier alpha value is -2.97. The van der Waals surface area contributed by atoms with Crippen molar-refractivity contribution in [2.75, 3.05) is 39.5 Å². The third-order valence-electron chi connectivity index (χ3n) is 7.11. The number of nitrogens with one attached hydrogen (secondary N) is 1. The molecule has 4 aliphatic rings. The minimum atomic E-state index is -0.627. The van der Waals surface area contributed by atoms with Crippen LogP contribution in [-0.4, -0.2) is 73.0 Å². The first kappa shape index (κ1) is 22.8. The maximum Gasteiger partial charge on any atom is 0.255 e. The number of amides is 3. The van der Waals surface area contributed by atoms with Crippen LogP contribution in [0.15, 0.2) is 35.9 Å². The number of aryl methyl sites for hydroxylation is 1. The highest BCUT2D eigenvalue weighted by molar-refractivity contribution is 6.05. The van der Waals surface area contributed by atoms with E-state index in [0.29, 0.717) is 36.8 Å². The number of benzene rings is 1. The summed E-state index contributed by atoms with van der Waals surface area (Å²) in [6.07, 6.45) is 8.23. The number of hydrogen-bond donors (Lipinski definition) is 1. The van der Waals surface area contributed by atoms with E-state index in [1.807, 2.05) is 19.1 Å². The number of piperidine rings is 1. The van der Waals surface area contributed by atoms with Crippen LogP contribution in [0.3, 0.4) is 0 Å². The van der Waals surface area contributed by atoms with Gasteiger partial charge in [-0.15, -0.1) is 0 Å². The van der Waals surface area contributed by atoms with E-state index in [0.717, 1.165) is 56.0 Å². The maximum atomic E-state index is 13.1. The van der Waals surface area contributed by atoms with Crippen molar-refractivity contribution in [2.24, 2.45) is 5.92 Å². The van der Waals surface area contributed by atoms with Gasteiger partial charge in [0.05, 0.1) is 19.8 Å². The average Bonchev–Trinajstić information content (AvgIpc) is 3.16. The molecule has 0 radical (unpaired) electrons. The van der Waals surface area contributed by atoms with E-state index in [1.165, 1.54) is 0 Å². The largest absolute Gasteiger partial charge is 0.488 e. The summed E-state index contributed by atoms with van der Waals surface area (Å²) in [6.45, 7) is 7.39. The molecular weight excluding hydrogens is 434 g/mol. The van der Waals surface area contributed by atoms with Crippen LogP contribution in [-0.2, 0) is 20.9 Å². The Morgan fingerprint density at radius 1 is 1.18 bits per heavy atom. The molecule has 1 aromatic rings. The lowest BCUT2D eigenvalue weighted by molar-refractivity contribution is -0.136. The molecule has 3 amide bonds. The molecule has 2 fully saturated rings. The second-order valence-electron chi connectivity index (χ2n) is 9.47. The maximum absolute atomic E-state index is 13.1.